The van der Waals surface area contributed by atoms with Crippen molar-refractivity contribution < 1.29 is 9.53 Å². The number of hydrogen-bond acceptors (Lipinski definition) is 2. The molecule has 1 unspecified atom stereocenters. The second kappa shape index (κ2) is 3.99. The smallest absolute Gasteiger partial charge is 0.302 e. The van der Waals surface area contributed by atoms with Crippen molar-refractivity contribution in [2.75, 3.05) is 6.61 Å². The van der Waals surface area contributed by atoms with E-state index in [0.29, 0.717) is 6.61 Å². The van der Waals surface area contributed by atoms with E-state index < -0.39 is 0 Å². The zero-order valence-corrected chi connectivity index (χ0v) is 9.39. The number of carbonyl (C=O) groups excluding carboxylic acids is 1. The summed E-state index contributed by atoms with van der Waals surface area (Å²) in [5, 5.41) is 0. The molecule has 0 saturated heterocycles. The first-order valence-corrected chi connectivity index (χ1v) is 4.94. The van der Waals surface area contributed by atoms with Gasteiger partial charge in [0.1, 0.15) is 6.61 Å². The van der Waals surface area contributed by atoms with Crippen LogP contribution in [-0.4, -0.2) is 12.6 Å². The second-order valence-corrected chi connectivity index (χ2v) is 4.11. The standard InChI is InChI=1S/C12H18O2/c1-9-5-7-12(9,4)10(2)6-8-14-11(3)13/h5-6H,7-8H2,1-4H3. The fourth-order valence-electron chi connectivity index (χ4n) is 1.59. The molecule has 78 valence electrons. The fourth-order valence-corrected chi connectivity index (χ4v) is 1.59. The van der Waals surface area contributed by atoms with Crippen LogP contribution in [0, 0.1) is 5.41 Å². The van der Waals surface area contributed by atoms with Gasteiger partial charge in [-0.05, 0) is 26.3 Å². The average Bonchev–Trinajstić information content (AvgIpc) is 2.13. The van der Waals surface area contributed by atoms with Crippen LogP contribution >= 0.6 is 0 Å². The van der Waals surface area contributed by atoms with Gasteiger partial charge in [-0.2, -0.15) is 0 Å². The predicted molar refractivity (Wildman–Crippen MR) is 56.9 cm³/mol. The molecular formula is C12H18O2. The molecule has 0 aromatic rings. The highest BCUT2D eigenvalue weighted by Crippen LogP contribution is 2.45. The van der Waals surface area contributed by atoms with Crippen molar-refractivity contribution in [1.82, 2.24) is 0 Å². The van der Waals surface area contributed by atoms with Crippen LogP contribution in [0.25, 0.3) is 0 Å². The summed E-state index contributed by atoms with van der Waals surface area (Å²) in [4.78, 5) is 10.6. The molecule has 2 heteroatoms. The molecule has 0 aromatic heterocycles. The number of ether oxygens (including phenoxy) is 1. The Morgan fingerprint density at radius 1 is 1.64 bits per heavy atom. The van der Waals surface area contributed by atoms with Crippen LogP contribution in [0.15, 0.2) is 23.3 Å². The lowest BCUT2D eigenvalue weighted by Crippen LogP contribution is -2.26. The lowest BCUT2D eigenvalue weighted by molar-refractivity contribution is -0.139. The van der Waals surface area contributed by atoms with E-state index in [2.05, 4.69) is 26.8 Å². The van der Waals surface area contributed by atoms with Crippen LogP contribution in [0.5, 0.6) is 0 Å². The lowest BCUT2D eigenvalue weighted by Gasteiger charge is -2.38. The Morgan fingerprint density at radius 3 is 2.64 bits per heavy atom. The number of hydrogen-bond donors (Lipinski definition) is 0. The minimum atomic E-state index is -0.222. The normalized spacial score (nSPS) is 26.6. The Hall–Kier alpha value is -1.05. The highest BCUT2D eigenvalue weighted by molar-refractivity contribution is 5.66. The topological polar surface area (TPSA) is 26.3 Å². The third-order valence-electron chi connectivity index (χ3n) is 3.23. The number of rotatable bonds is 3. The molecule has 0 aliphatic heterocycles. The maximum Gasteiger partial charge on any atom is 0.302 e. The number of carbonyl (C=O) groups is 1. The highest BCUT2D eigenvalue weighted by Gasteiger charge is 2.33. The van der Waals surface area contributed by atoms with E-state index in [1.807, 2.05) is 6.08 Å². The first-order chi connectivity index (χ1) is 6.47. The van der Waals surface area contributed by atoms with Gasteiger partial charge in [-0.1, -0.05) is 24.1 Å². The second-order valence-electron chi connectivity index (χ2n) is 4.11. The summed E-state index contributed by atoms with van der Waals surface area (Å²) >= 11 is 0. The quantitative estimate of drug-likeness (QED) is 0.510. The first-order valence-electron chi connectivity index (χ1n) is 4.94. The summed E-state index contributed by atoms with van der Waals surface area (Å²) in [5.74, 6) is -0.222. The largest absolute Gasteiger partial charge is 0.462 e. The van der Waals surface area contributed by atoms with Crippen molar-refractivity contribution in [3.63, 3.8) is 0 Å². The zero-order valence-electron chi connectivity index (χ0n) is 9.39. The Bertz CT molecular complexity index is 299. The molecule has 0 amide bonds. The van der Waals surface area contributed by atoms with Gasteiger partial charge < -0.3 is 4.74 Å². The van der Waals surface area contributed by atoms with Gasteiger partial charge in [0.2, 0.25) is 0 Å². The third kappa shape index (κ3) is 2.06. The molecule has 0 bridgehead atoms. The van der Waals surface area contributed by atoms with Crippen LogP contribution in [-0.2, 0) is 9.53 Å². The Labute approximate surface area is 85.6 Å². The van der Waals surface area contributed by atoms with Crippen LogP contribution < -0.4 is 0 Å². The Kier molecular flexibility index (Phi) is 3.14. The lowest BCUT2D eigenvalue weighted by atomic mass is 9.66. The maximum absolute atomic E-state index is 10.6. The van der Waals surface area contributed by atoms with Gasteiger partial charge in [0.25, 0.3) is 0 Å². The van der Waals surface area contributed by atoms with Crippen LogP contribution in [0.2, 0.25) is 0 Å². The van der Waals surface area contributed by atoms with Crippen molar-refractivity contribution >= 4 is 5.97 Å². The van der Waals surface area contributed by atoms with E-state index in [0.717, 1.165) is 6.42 Å². The molecule has 1 aliphatic carbocycles. The molecule has 0 radical (unpaired) electrons. The minimum absolute atomic E-state index is 0.208. The van der Waals surface area contributed by atoms with Gasteiger partial charge in [-0.25, -0.2) is 0 Å². The number of allylic oxidation sites excluding steroid dienone is 3. The van der Waals surface area contributed by atoms with Gasteiger partial charge in [-0.15, -0.1) is 0 Å². The van der Waals surface area contributed by atoms with E-state index in [1.54, 1.807) is 0 Å². The van der Waals surface area contributed by atoms with Crippen molar-refractivity contribution in [3.8, 4) is 0 Å². The van der Waals surface area contributed by atoms with Crippen molar-refractivity contribution in [2.45, 2.75) is 34.1 Å². The minimum Gasteiger partial charge on any atom is -0.462 e. The molecule has 2 nitrogen and oxygen atoms in total. The first kappa shape index (κ1) is 11.0. The monoisotopic (exact) mass is 194 g/mol. The van der Waals surface area contributed by atoms with Crippen LogP contribution in [0.1, 0.15) is 34.1 Å². The van der Waals surface area contributed by atoms with Crippen molar-refractivity contribution in [3.05, 3.63) is 23.3 Å². The van der Waals surface area contributed by atoms with Crippen molar-refractivity contribution in [1.29, 1.82) is 0 Å². The SMILES string of the molecule is CC(=O)OCC=C(C)C1(C)CC=C1C. The van der Waals surface area contributed by atoms with Gasteiger partial charge in [-0.3, -0.25) is 4.79 Å². The number of esters is 1. The summed E-state index contributed by atoms with van der Waals surface area (Å²) in [5.41, 5.74) is 2.91. The zero-order chi connectivity index (χ0) is 10.8. The summed E-state index contributed by atoms with van der Waals surface area (Å²) in [6.45, 7) is 8.29. The average molecular weight is 194 g/mol. The summed E-state index contributed by atoms with van der Waals surface area (Å²) < 4.78 is 4.88. The van der Waals surface area contributed by atoms with E-state index in [1.165, 1.54) is 18.1 Å². The van der Waals surface area contributed by atoms with E-state index in [4.69, 9.17) is 4.74 Å². The van der Waals surface area contributed by atoms with Crippen LogP contribution in [0.3, 0.4) is 0 Å². The molecular weight excluding hydrogens is 176 g/mol. The molecule has 1 aliphatic rings. The van der Waals surface area contributed by atoms with E-state index in [9.17, 15) is 4.79 Å². The van der Waals surface area contributed by atoms with Gasteiger partial charge >= 0.3 is 5.97 Å². The highest BCUT2D eigenvalue weighted by atomic mass is 16.5. The van der Waals surface area contributed by atoms with Crippen molar-refractivity contribution in [2.24, 2.45) is 5.41 Å². The Balaban J connectivity index is 2.53. The molecule has 0 heterocycles. The van der Waals surface area contributed by atoms with E-state index in [-0.39, 0.29) is 11.4 Å². The molecule has 0 spiro atoms. The van der Waals surface area contributed by atoms with E-state index >= 15 is 0 Å². The maximum atomic E-state index is 10.6. The van der Waals surface area contributed by atoms with Gasteiger partial charge in [0.15, 0.2) is 0 Å². The summed E-state index contributed by atoms with van der Waals surface area (Å²) in [7, 11) is 0. The molecule has 0 aromatic carbocycles. The molecule has 1 atom stereocenters. The van der Waals surface area contributed by atoms with Gasteiger partial charge in [0.05, 0.1) is 0 Å². The molecule has 0 fully saturated rings. The fraction of sp³-hybridized carbons (Fsp3) is 0.583. The van der Waals surface area contributed by atoms with Gasteiger partial charge in [0, 0.05) is 12.3 Å². The molecule has 0 saturated carbocycles. The molecule has 0 N–H and O–H groups in total. The summed E-state index contributed by atoms with van der Waals surface area (Å²) in [6.07, 6.45) is 5.34. The van der Waals surface area contributed by atoms with Crippen LogP contribution in [0.4, 0.5) is 0 Å². The predicted octanol–water partition coefficient (Wildman–Crippen LogP) is 2.85. The Morgan fingerprint density at radius 2 is 2.29 bits per heavy atom. The molecule has 1 rings (SSSR count). The molecule has 14 heavy (non-hydrogen) atoms. The summed E-state index contributed by atoms with van der Waals surface area (Å²) in [6, 6.07) is 0. The third-order valence-corrected chi connectivity index (χ3v) is 3.23.